The number of hydrogen-bond donors (Lipinski definition) is 1. The van der Waals surface area contributed by atoms with E-state index in [0.717, 1.165) is 26.9 Å². The van der Waals surface area contributed by atoms with Crippen molar-refractivity contribution < 1.29 is 0 Å². The van der Waals surface area contributed by atoms with Crippen LogP contribution in [0.3, 0.4) is 0 Å². The first-order valence-electron chi connectivity index (χ1n) is 5.81. The van der Waals surface area contributed by atoms with Crippen molar-refractivity contribution in [2.45, 2.75) is 5.25 Å². The van der Waals surface area contributed by atoms with E-state index < -0.39 is 0 Å². The van der Waals surface area contributed by atoms with Gasteiger partial charge in [0.05, 0.1) is 15.2 Å². The molecular weight excluding hydrogens is 304 g/mol. The number of aromatic nitrogens is 1. The zero-order valence-corrected chi connectivity index (χ0v) is 12.9. The average Bonchev–Trinajstić information content (AvgIpc) is 2.82. The van der Waals surface area contributed by atoms with E-state index in [0.29, 0.717) is 5.25 Å². The molecule has 1 N–H and O–H groups in total. The van der Waals surface area contributed by atoms with E-state index in [1.54, 1.807) is 11.3 Å². The molecule has 0 spiro atoms. The number of hydrogen-bond acceptors (Lipinski definition) is 5. The molecule has 0 aliphatic carbocycles. The normalized spacial score (nSPS) is 20.2. The van der Waals surface area contributed by atoms with Gasteiger partial charge < -0.3 is 5.32 Å². The lowest BCUT2D eigenvalue weighted by molar-refractivity contribution is 1.00. The Hall–Kier alpha value is -0.100. The van der Waals surface area contributed by atoms with Crippen LogP contribution in [0.15, 0.2) is 18.2 Å². The molecule has 1 saturated heterocycles. The van der Waals surface area contributed by atoms with Crippen molar-refractivity contribution in [3.63, 3.8) is 0 Å². The quantitative estimate of drug-likeness (QED) is 0.917. The van der Waals surface area contributed by atoms with Crippen molar-refractivity contribution in [1.29, 1.82) is 0 Å². The summed E-state index contributed by atoms with van der Waals surface area (Å²) in [6.45, 7) is 0.995. The average molecular weight is 317 g/mol. The van der Waals surface area contributed by atoms with Crippen molar-refractivity contribution in [3.8, 4) is 0 Å². The summed E-state index contributed by atoms with van der Waals surface area (Å²) in [4.78, 5) is 4.56. The van der Waals surface area contributed by atoms with Crippen LogP contribution < -0.4 is 5.32 Å². The maximum Gasteiger partial charge on any atom is 0.183 e. The van der Waals surface area contributed by atoms with Gasteiger partial charge in [0.2, 0.25) is 0 Å². The minimum atomic E-state index is 0.700. The molecule has 3 rings (SSSR count). The SMILES string of the molecule is Clc1cccc2nc(NCC3CSCCS3)sc12. The van der Waals surface area contributed by atoms with Crippen molar-refractivity contribution in [1.82, 2.24) is 4.98 Å². The predicted molar refractivity (Wildman–Crippen MR) is 86.7 cm³/mol. The smallest absolute Gasteiger partial charge is 0.183 e. The fraction of sp³-hybridized carbons (Fsp3) is 0.417. The Bertz CT molecular complexity index is 537. The zero-order chi connectivity index (χ0) is 12.4. The molecule has 0 amide bonds. The highest BCUT2D eigenvalue weighted by atomic mass is 35.5. The number of anilines is 1. The molecule has 0 saturated carbocycles. The lowest BCUT2D eigenvalue weighted by Gasteiger charge is -2.20. The van der Waals surface area contributed by atoms with Crippen molar-refractivity contribution in [2.75, 3.05) is 29.1 Å². The Morgan fingerprint density at radius 1 is 1.39 bits per heavy atom. The van der Waals surface area contributed by atoms with Crippen LogP contribution in [0.4, 0.5) is 5.13 Å². The van der Waals surface area contributed by atoms with Gasteiger partial charge in [0.15, 0.2) is 5.13 Å². The molecule has 1 fully saturated rings. The molecule has 2 heterocycles. The molecule has 1 aliphatic rings. The number of rotatable bonds is 3. The molecule has 1 unspecified atom stereocenters. The van der Waals surface area contributed by atoms with Gasteiger partial charge in [-0.05, 0) is 12.1 Å². The van der Waals surface area contributed by atoms with E-state index in [1.807, 2.05) is 30.0 Å². The van der Waals surface area contributed by atoms with Crippen molar-refractivity contribution >= 4 is 61.8 Å². The van der Waals surface area contributed by atoms with Gasteiger partial charge in [0.1, 0.15) is 0 Å². The van der Waals surface area contributed by atoms with Gasteiger partial charge in [-0.25, -0.2) is 4.98 Å². The van der Waals surface area contributed by atoms with Crippen LogP contribution >= 0.6 is 46.5 Å². The zero-order valence-electron chi connectivity index (χ0n) is 9.69. The predicted octanol–water partition coefficient (Wildman–Crippen LogP) is 4.21. The molecule has 18 heavy (non-hydrogen) atoms. The summed E-state index contributed by atoms with van der Waals surface area (Å²) in [5.74, 6) is 3.80. The van der Waals surface area contributed by atoms with Crippen LogP contribution in [0.25, 0.3) is 10.2 Å². The Labute approximate surface area is 124 Å². The number of nitrogens with one attached hydrogen (secondary N) is 1. The molecule has 1 atom stereocenters. The number of thiazole rings is 1. The van der Waals surface area contributed by atoms with Crippen molar-refractivity contribution in [2.24, 2.45) is 0 Å². The number of halogens is 1. The van der Waals surface area contributed by atoms with Gasteiger partial charge in [0.25, 0.3) is 0 Å². The van der Waals surface area contributed by atoms with Gasteiger partial charge in [-0.1, -0.05) is 29.0 Å². The second kappa shape index (κ2) is 5.90. The molecule has 1 aliphatic heterocycles. The summed E-state index contributed by atoms with van der Waals surface area (Å²) in [7, 11) is 0. The highest BCUT2D eigenvalue weighted by molar-refractivity contribution is 8.06. The Kier molecular flexibility index (Phi) is 4.23. The maximum atomic E-state index is 6.15. The van der Waals surface area contributed by atoms with E-state index in [-0.39, 0.29) is 0 Å². The standard InChI is InChI=1S/C12H13ClN2S3/c13-9-2-1-3-10-11(9)18-12(15-10)14-6-8-7-16-4-5-17-8/h1-3,8H,4-7H2,(H,14,15). The second-order valence-corrected chi connectivity index (χ2v) is 8.02. The van der Waals surface area contributed by atoms with E-state index >= 15 is 0 Å². The molecule has 6 heteroatoms. The van der Waals surface area contributed by atoms with E-state index in [4.69, 9.17) is 11.6 Å². The van der Waals surface area contributed by atoms with E-state index in [2.05, 4.69) is 22.1 Å². The van der Waals surface area contributed by atoms with Gasteiger partial charge in [-0.2, -0.15) is 23.5 Å². The Morgan fingerprint density at radius 3 is 3.11 bits per heavy atom. The number of thioether (sulfide) groups is 2. The third kappa shape index (κ3) is 2.90. The van der Waals surface area contributed by atoms with Gasteiger partial charge in [-0.3, -0.25) is 0 Å². The molecular formula is C12H13ClN2S3. The molecule has 2 aromatic rings. The lowest BCUT2D eigenvalue weighted by atomic mass is 10.3. The van der Waals surface area contributed by atoms with Gasteiger partial charge in [0, 0.05) is 29.1 Å². The minimum absolute atomic E-state index is 0.700. The third-order valence-electron chi connectivity index (χ3n) is 2.73. The Balaban J connectivity index is 1.69. The molecule has 1 aromatic carbocycles. The first-order valence-corrected chi connectivity index (χ1v) is 9.21. The van der Waals surface area contributed by atoms with Crippen LogP contribution in [0.1, 0.15) is 0 Å². The molecule has 2 nitrogen and oxygen atoms in total. The van der Waals surface area contributed by atoms with Crippen LogP contribution in [-0.4, -0.2) is 34.0 Å². The van der Waals surface area contributed by atoms with Gasteiger partial charge in [-0.15, -0.1) is 0 Å². The Morgan fingerprint density at radius 2 is 2.33 bits per heavy atom. The fourth-order valence-corrected chi connectivity index (χ4v) is 5.62. The van der Waals surface area contributed by atoms with Crippen LogP contribution in [-0.2, 0) is 0 Å². The highest BCUT2D eigenvalue weighted by Crippen LogP contribution is 2.32. The second-order valence-electron chi connectivity index (χ2n) is 4.06. The van der Waals surface area contributed by atoms with E-state index in [9.17, 15) is 0 Å². The fourth-order valence-electron chi connectivity index (χ4n) is 1.85. The molecule has 1 aromatic heterocycles. The van der Waals surface area contributed by atoms with Crippen LogP contribution in [0.2, 0.25) is 5.02 Å². The number of nitrogens with zero attached hydrogens (tertiary/aromatic N) is 1. The topological polar surface area (TPSA) is 24.9 Å². The summed E-state index contributed by atoms with van der Waals surface area (Å²) in [5.41, 5.74) is 0.987. The molecule has 96 valence electrons. The molecule has 0 bridgehead atoms. The summed E-state index contributed by atoms with van der Waals surface area (Å²) < 4.78 is 1.08. The summed E-state index contributed by atoms with van der Waals surface area (Å²) in [6, 6.07) is 5.87. The van der Waals surface area contributed by atoms with Gasteiger partial charge >= 0.3 is 0 Å². The summed E-state index contributed by atoms with van der Waals surface area (Å²) in [5, 5.41) is 5.92. The first kappa shape index (κ1) is 12.9. The minimum Gasteiger partial charge on any atom is -0.360 e. The number of fused-ring (bicyclic) bond motifs is 1. The molecule has 0 radical (unpaired) electrons. The van der Waals surface area contributed by atoms with Crippen LogP contribution in [0.5, 0.6) is 0 Å². The maximum absolute atomic E-state index is 6.15. The van der Waals surface area contributed by atoms with Crippen LogP contribution in [0, 0.1) is 0 Å². The highest BCUT2D eigenvalue weighted by Gasteiger charge is 2.15. The van der Waals surface area contributed by atoms with Crippen molar-refractivity contribution in [3.05, 3.63) is 23.2 Å². The monoisotopic (exact) mass is 316 g/mol. The number of benzene rings is 1. The van der Waals surface area contributed by atoms with E-state index in [1.165, 1.54) is 17.3 Å². The third-order valence-corrected chi connectivity index (χ3v) is 7.07. The lowest BCUT2D eigenvalue weighted by Crippen LogP contribution is -2.23. The summed E-state index contributed by atoms with van der Waals surface area (Å²) in [6.07, 6.45) is 0. The first-order chi connectivity index (χ1) is 8.83. The largest absolute Gasteiger partial charge is 0.360 e. The summed E-state index contributed by atoms with van der Waals surface area (Å²) >= 11 is 11.9.